The number of benzene rings is 1. The number of likely N-dealkylation sites (tertiary alicyclic amines) is 1. The highest BCUT2D eigenvalue weighted by atomic mass is 16.1. The van der Waals surface area contributed by atoms with Crippen molar-refractivity contribution in [1.29, 1.82) is 5.26 Å². The van der Waals surface area contributed by atoms with Crippen molar-refractivity contribution in [2.75, 3.05) is 13.1 Å². The lowest BCUT2D eigenvalue weighted by atomic mass is 9.70. The zero-order valence-electron chi connectivity index (χ0n) is 17.0. The van der Waals surface area contributed by atoms with Gasteiger partial charge in [0.25, 0.3) is 0 Å². The maximum atomic E-state index is 11.7. The molecule has 5 nitrogen and oxygen atoms in total. The summed E-state index contributed by atoms with van der Waals surface area (Å²) in [6.45, 7) is 8.77. The molecule has 2 heterocycles. The minimum atomic E-state index is -0.694. The van der Waals surface area contributed by atoms with Gasteiger partial charge in [0.15, 0.2) is 0 Å². The van der Waals surface area contributed by atoms with Gasteiger partial charge in [0, 0.05) is 42.1 Å². The predicted octanol–water partition coefficient (Wildman–Crippen LogP) is 3.56. The summed E-state index contributed by atoms with van der Waals surface area (Å²) in [6, 6.07) is 9.14. The van der Waals surface area contributed by atoms with E-state index in [4.69, 9.17) is 5.73 Å². The van der Waals surface area contributed by atoms with E-state index in [2.05, 4.69) is 61.1 Å². The van der Waals surface area contributed by atoms with Crippen LogP contribution in [-0.2, 0) is 11.2 Å². The fourth-order valence-electron chi connectivity index (χ4n) is 5.43. The Hall–Kier alpha value is -2.32. The fourth-order valence-corrected chi connectivity index (χ4v) is 5.43. The van der Waals surface area contributed by atoms with Gasteiger partial charge in [-0.1, -0.05) is 32.9 Å². The van der Waals surface area contributed by atoms with Crippen molar-refractivity contribution in [3.63, 3.8) is 0 Å². The zero-order valence-corrected chi connectivity index (χ0v) is 17.0. The Morgan fingerprint density at radius 3 is 2.89 bits per heavy atom. The molecule has 1 aromatic carbocycles. The van der Waals surface area contributed by atoms with Gasteiger partial charge in [-0.05, 0) is 47.8 Å². The van der Waals surface area contributed by atoms with E-state index in [0.29, 0.717) is 24.3 Å². The van der Waals surface area contributed by atoms with E-state index in [1.165, 1.54) is 22.0 Å². The van der Waals surface area contributed by atoms with E-state index in [0.717, 1.165) is 25.9 Å². The van der Waals surface area contributed by atoms with Crippen LogP contribution in [0.15, 0.2) is 24.4 Å². The SMILES string of the molecule is CC(C)(C)CN1C[C@H](CC(C#N)C(N)=O)CC2c3cccc4[nH]cc(c34)C[C@H]21. The minimum Gasteiger partial charge on any atom is -0.369 e. The molecule has 2 aromatic rings. The normalized spacial score (nSPS) is 25.9. The highest BCUT2D eigenvalue weighted by Gasteiger charge is 2.42. The number of aromatic nitrogens is 1. The van der Waals surface area contributed by atoms with E-state index in [1.807, 2.05) is 0 Å². The summed E-state index contributed by atoms with van der Waals surface area (Å²) in [5.41, 5.74) is 9.70. The summed E-state index contributed by atoms with van der Waals surface area (Å²) in [4.78, 5) is 17.7. The molecule has 5 heteroatoms. The van der Waals surface area contributed by atoms with Crippen LogP contribution in [0.5, 0.6) is 0 Å². The number of primary amides is 1. The molecule has 3 N–H and O–H groups in total. The van der Waals surface area contributed by atoms with Crippen molar-refractivity contribution in [2.45, 2.75) is 52.0 Å². The highest BCUT2D eigenvalue weighted by Crippen LogP contribution is 2.46. The molecular formula is C23H30N4O. The molecule has 4 rings (SSSR count). The van der Waals surface area contributed by atoms with Gasteiger partial charge in [0.1, 0.15) is 5.92 Å². The number of hydrogen-bond acceptors (Lipinski definition) is 3. The smallest absolute Gasteiger partial charge is 0.234 e. The Balaban J connectivity index is 1.70. The van der Waals surface area contributed by atoms with Crippen LogP contribution in [0, 0.1) is 28.6 Å². The van der Waals surface area contributed by atoms with Crippen molar-refractivity contribution in [1.82, 2.24) is 9.88 Å². The Morgan fingerprint density at radius 1 is 1.43 bits per heavy atom. The molecule has 0 radical (unpaired) electrons. The standard InChI is InChI=1S/C23H30N4O/c1-23(2,3)13-27-12-14(7-15(10-24)22(25)28)8-18-17-5-4-6-19-21(17)16(11-26-19)9-20(18)27/h4-6,11,14-15,18,20,26H,7-9,12-13H2,1-3H3,(H2,25,28)/t14-,15?,18?,20-/m1/s1. The number of nitrogens with one attached hydrogen (secondary N) is 1. The predicted molar refractivity (Wildman–Crippen MR) is 111 cm³/mol. The van der Waals surface area contributed by atoms with E-state index in [-0.39, 0.29) is 5.41 Å². The molecule has 28 heavy (non-hydrogen) atoms. The number of nitrogens with two attached hydrogens (primary N) is 1. The van der Waals surface area contributed by atoms with Gasteiger partial charge in [0.2, 0.25) is 5.91 Å². The van der Waals surface area contributed by atoms with E-state index >= 15 is 0 Å². The summed E-state index contributed by atoms with van der Waals surface area (Å²) in [6.07, 6.45) is 4.80. The number of hydrogen-bond donors (Lipinski definition) is 2. The molecule has 0 spiro atoms. The van der Waals surface area contributed by atoms with Crippen LogP contribution in [0.25, 0.3) is 10.9 Å². The number of nitrogens with zero attached hydrogens (tertiary/aromatic N) is 2. The molecule has 1 amide bonds. The summed E-state index contributed by atoms with van der Waals surface area (Å²) in [5.74, 6) is -0.456. The van der Waals surface area contributed by atoms with Crippen LogP contribution in [-0.4, -0.2) is 34.9 Å². The number of piperidine rings is 1. The van der Waals surface area contributed by atoms with Crippen LogP contribution in [0.2, 0.25) is 0 Å². The lowest BCUT2D eigenvalue weighted by Gasteiger charge is -2.49. The lowest BCUT2D eigenvalue weighted by Crippen LogP contribution is -2.52. The Labute approximate surface area is 166 Å². The molecule has 2 unspecified atom stereocenters. The first-order chi connectivity index (χ1) is 13.3. The van der Waals surface area contributed by atoms with Crippen molar-refractivity contribution in [3.8, 4) is 6.07 Å². The summed E-state index contributed by atoms with van der Waals surface area (Å²) in [5, 5.41) is 10.8. The molecule has 0 saturated carbocycles. The van der Waals surface area contributed by atoms with Crippen LogP contribution >= 0.6 is 0 Å². The third-order valence-corrected chi connectivity index (χ3v) is 6.41. The average Bonchev–Trinajstić information content (AvgIpc) is 3.03. The minimum absolute atomic E-state index is 0.190. The fraction of sp³-hybridized carbons (Fsp3) is 0.565. The van der Waals surface area contributed by atoms with Gasteiger partial charge >= 0.3 is 0 Å². The number of nitriles is 1. The van der Waals surface area contributed by atoms with Crippen molar-refractivity contribution < 1.29 is 4.79 Å². The Bertz CT molecular complexity index is 932. The maximum absolute atomic E-state index is 11.7. The van der Waals surface area contributed by atoms with Crippen molar-refractivity contribution >= 4 is 16.8 Å². The van der Waals surface area contributed by atoms with Crippen LogP contribution in [0.3, 0.4) is 0 Å². The van der Waals surface area contributed by atoms with Crippen LogP contribution < -0.4 is 5.73 Å². The first-order valence-electron chi connectivity index (χ1n) is 10.3. The first kappa shape index (κ1) is 19.0. The second-order valence-electron chi connectivity index (χ2n) is 9.87. The van der Waals surface area contributed by atoms with E-state index < -0.39 is 11.8 Å². The number of H-pyrrole nitrogens is 1. The third kappa shape index (κ3) is 3.42. The van der Waals surface area contributed by atoms with Crippen LogP contribution in [0.1, 0.15) is 50.7 Å². The number of amides is 1. The first-order valence-corrected chi connectivity index (χ1v) is 10.3. The maximum Gasteiger partial charge on any atom is 0.234 e. The molecule has 1 aliphatic heterocycles. The molecule has 0 bridgehead atoms. The van der Waals surface area contributed by atoms with E-state index in [9.17, 15) is 10.1 Å². The van der Waals surface area contributed by atoms with Gasteiger partial charge in [-0.15, -0.1) is 0 Å². The lowest BCUT2D eigenvalue weighted by molar-refractivity contribution is -0.120. The number of fused-ring (bicyclic) bond motifs is 2. The van der Waals surface area contributed by atoms with Crippen molar-refractivity contribution in [3.05, 3.63) is 35.5 Å². The van der Waals surface area contributed by atoms with Gasteiger partial charge in [-0.25, -0.2) is 0 Å². The molecule has 1 saturated heterocycles. The topological polar surface area (TPSA) is 85.9 Å². The van der Waals surface area contributed by atoms with Gasteiger partial charge < -0.3 is 10.7 Å². The molecule has 148 valence electrons. The van der Waals surface area contributed by atoms with Gasteiger partial charge in [0.05, 0.1) is 6.07 Å². The molecule has 1 aliphatic carbocycles. The molecule has 4 atom stereocenters. The van der Waals surface area contributed by atoms with Crippen molar-refractivity contribution in [2.24, 2.45) is 23.0 Å². The Morgan fingerprint density at radius 2 is 2.21 bits per heavy atom. The molecule has 2 aliphatic rings. The second-order valence-corrected chi connectivity index (χ2v) is 9.87. The summed E-state index contributed by atoms with van der Waals surface area (Å²) in [7, 11) is 0. The largest absolute Gasteiger partial charge is 0.369 e. The van der Waals surface area contributed by atoms with E-state index in [1.54, 1.807) is 0 Å². The van der Waals surface area contributed by atoms with Crippen LogP contribution in [0.4, 0.5) is 0 Å². The molecular weight excluding hydrogens is 348 g/mol. The highest BCUT2D eigenvalue weighted by molar-refractivity contribution is 5.88. The zero-order chi connectivity index (χ0) is 20.1. The monoisotopic (exact) mass is 378 g/mol. The number of carbonyl (C=O) groups excluding carboxylic acids is 1. The van der Waals surface area contributed by atoms with Gasteiger partial charge in [-0.2, -0.15) is 5.26 Å². The molecule has 1 fully saturated rings. The summed E-state index contributed by atoms with van der Waals surface area (Å²) < 4.78 is 0. The average molecular weight is 379 g/mol. The number of rotatable bonds is 4. The quantitative estimate of drug-likeness (QED) is 0.853. The number of carbonyl (C=O) groups is 1. The van der Waals surface area contributed by atoms with Gasteiger partial charge in [-0.3, -0.25) is 9.69 Å². The number of aromatic amines is 1. The summed E-state index contributed by atoms with van der Waals surface area (Å²) >= 11 is 0. The molecule has 1 aromatic heterocycles. The third-order valence-electron chi connectivity index (χ3n) is 6.41. The Kier molecular flexibility index (Phi) is 4.71. The second kappa shape index (κ2) is 6.93.